The fraction of sp³-hybridized carbons (Fsp3) is 0.143. The zero-order valence-electron chi connectivity index (χ0n) is 11.4. The fourth-order valence-electron chi connectivity index (χ4n) is 1.68. The number of hydrazine groups is 1. The highest BCUT2D eigenvalue weighted by molar-refractivity contribution is 9.10. The van der Waals surface area contributed by atoms with Crippen molar-refractivity contribution in [3.05, 3.63) is 51.9 Å². The lowest BCUT2D eigenvalue weighted by atomic mass is 10.2. The number of benzene rings is 1. The molecule has 21 heavy (non-hydrogen) atoms. The van der Waals surface area contributed by atoms with E-state index in [1.54, 1.807) is 25.1 Å². The van der Waals surface area contributed by atoms with Gasteiger partial charge in [0.25, 0.3) is 11.8 Å². The van der Waals surface area contributed by atoms with Crippen LogP contribution in [0.2, 0.25) is 0 Å². The maximum Gasteiger partial charge on any atom is 0.273 e. The largest absolute Gasteiger partial charge is 0.496 e. The molecule has 0 spiro atoms. The zero-order valence-corrected chi connectivity index (χ0v) is 13.0. The van der Waals surface area contributed by atoms with E-state index in [0.717, 1.165) is 0 Å². The van der Waals surface area contributed by atoms with Gasteiger partial charge < -0.3 is 9.15 Å². The molecule has 0 bridgehead atoms. The number of aryl methyl sites for hydroxylation is 1. The van der Waals surface area contributed by atoms with E-state index in [4.69, 9.17) is 9.15 Å². The summed E-state index contributed by atoms with van der Waals surface area (Å²) in [5.74, 6) is 0.216. The van der Waals surface area contributed by atoms with Crippen LogP contribution in [0.5, 0.6) is 5.75 Å². The number of nitrogens with one attached hydrogen (secondary N) is 2. The van der Waals surface area contributed by atoms with E-state index in [9.17, 15) is 9.59 Å². The first-order valence-electron chi connectivity index (χ1n) is 6.01. The first kappa shape index (κ1) is 15.1. The Kier molecular flexibility index (Phi) is 4.64. The first-order valence-corrected chi connectivity index (χ1v) is 6.80. The van der Waals surface area contributed by atoms with E-state index in [1.807, 2.05) is 0 Å². The summed E-state index contributed by atoms with van der Waals surface area (Å²) in [4.78, 5) is 23.8. The van der Waals surface area contributed by atoms with Gasteiger partial charge in [0.05, 0.1) is 23.4 Å². The summed E-state index contributed by atoms with van der Waals surface area (Å²) in [6.45, 7) is 1.66. The second-order valence-electron chi connectivity index (χ2n) is 4.15. The van der Waals surface area contributed by atoms with Crippen LogP contribution in [0.4, 0.5) is 0 Å². The topological polar surface area (TPSA) is 80.6 Å². The molecular weight excluding hydrogens is 340 g/mol. The third kappa shape index (κ3) is 3.43. The highest BCUT2D eigenvalue weighted by Crippen LogP contribution is 2.25. The summed E-state index contributed by atoms with van der Waals surface area (Å²) in [6, 6.07) is 6.37. The Hall–Kier alpha value is -2.28. The van der Waals surface area contributed by atoms with E-state index in [1.165, 1.54) is 19.4 Å². The van der Waals surface area contributed by atoms with E-state index in [-0.39, 0.29) is 0 Å². The SMILES string of the molecule is COc1ccc(C(=O)NNC(=O)c2ccoc2C)cc1Br. The molecule has 0 saturated carbocycles. The van der Waals surface area contributed by atoms with Gasteiger partial charge in [-0.2, -0.15) is 0 Å². The molecule has 0 radical (unpaired) electrons. The number of halogens is 1. The lowest BCUT2D eigenvalue weighted by Crippen LogP contribution is -2.41. The van der Waals surface area contributed by atoms with Crippen LogP contribution in [-0.4, -0.2) is 18.9 Å². The summed E-state index contributed by atoms with van der Waals surface area (Å²) < 4.78 is 10.8. The van der Waals surface area contributed by atoms with Crippen molar-refractivity contribution in [2.24, 2.45) is 0 Å². The molecule has 0 unspecified atom stereocenters. The van der Waals surface area contributed by atoms with Gasteiger partial charge in [-0.15, -0.1) is 0 Å². The summed E-state index contributed by atoms with van der Waals surface area (Å²) >= 11 is 3.29. The molecule has 110 valence electrons. The van der Waals surface area contributed by atoms with Gasteiger partial charge in [-0.1, -0.05) is 0 Å². The molecular formula is C14H13BrN2O4. The third-order valence-corrected chi connectivity index (χ3v) is 3.43. The molecule has 6 nitrogen and oxygen atoms in total. The number of amides is 2. The van der Waals surface area contributed by atoms with Gasteiger partial charge in [-0.05, 0) is 47.1 Å². The number of carbonyl (C=O) groups is 2. The summed E-state index contributed by atoms with van der Waals surface area (Å²) in [5.41, 5.74) is 5.41. The maximum absolute atomic E-state index is 11.9. The van der Waals surface area contributed by atoms with Crippen molar-refractivity contribution in [3.8, 4) is 5.75 Å². The van der Waals surface area contributed by atoms with Crippen LogP contribution in [0.1, 0.15) is 26.5 Å². The van der Waals surface area contributed by atoms with Gasteiger partial charge >= 0.3 is 0 Å². The van der Waals surface area contributed by atoms with Gasteiger partial charge in [0.2, 0.25) is 0 Å². The van der Waals surface area contributed by atoms with E-state index < -0.39 is 11.8 Å². The molecule has 0 saturated heterocycles. The molecule has 1 heterocycles. The molecule has 0 aliphatic carbocycles. The van der Waals surface area contributed by atoms with E-state index >= 15 is 0 Å². The maximum atomic E-state index is 11.9. The Labute approximate surface area is 129 Å². The highest BCUT2D eigenvalue weighted by Gasteiger charge is 2.13. The summed E-state index contributed by atoms with van der Waals surface area (Å²) in [5, 5.41) is 0. The van der Waals surface area contributed by atoms with E-state index in [0.29, 0.717) is 27.1 Å². The van der Waals surface area contributed by atoms with Crippen molar-refractivity contribution in [2.45, 2.75) is 6.92 Å². The summed E-state index contributed by atoms with van der Waals surface area (Å²) in [7, 11) is 1.54. The van der Waals surface area contributed by atoms with Crippen LogP contribution in [0, 0.1) is 6.92 Å². The Morgan fingerprint density at radius 3 is 2.48 bits per heavy atom. The number of ether oxygens (including phenoxy) is 1. The predicted octanol–water partition coefficient (Wildman–Crippen LogP) is 2.43. The molecule has 2 N–H and O–H groups in total. The normalized spacial score (nSPS) is 10.0. The zero-order chi connectivity index (χ0) is 15.4. The number of hydrogen-bond acceptors (Lipinski definition) is 4. The number of hydrogen-bond donors (Lipinski definition) is 2. The molecule has 0 fully saturated rings. The second kappa shape index (κ2) is 6.45. The standard InChI is InChI=1S/C14H13BrN2O4/c1-8-10(5-6-21-8)14(19)17-16-13(18)9-3-4-12(20-2)11(15)7-9/h3-7H,1-2H3,(H,16,18)(H,17,19). The lowest BCUT2D eigenvalue weighted by Gasteiger charge is -2.08. The van der Waals surface area contributed by atoms with Crippen molar-refractivity contribution >= 4 is 27.7 Å². The Bertz CT molecular complexity index is 681. The molecule has 1 aromatic heterocycles. The molecule has 2 amide bonds. The number of furan rings is 1. The minimum Gasteiger partial charge on any atom is -0.496 e. The van der Waals surface area contributed by atoms with Crippen LogP contribution in [0.25, 0.3) is 0 Å². The average molecular weight is 353 g/mol. The molecule has 0 aliphatic rings. The van der Waals surface area contributed by atoms with Gasteiger partial charge in [-0.3, -0.25) is 20.4 Å². The van der Waals surface area contributed by atoms with Gasteiger partial charge in [0.15, 0.2) is 0 Å². The van der Waals surface area contributed by atoms with Crippen LogP contribution in [0.3, 0.4) is 0 Å². The fourth-order valence-corrected chi connectivity index (χ4v) is 2.22. The Morgan fingerprint density at radius 2 is 1.90 bits per heavy atom. The number of rotatable bonds is 3. The number of methoxy groups -OCH3 is 1. The third-order valence-electron chi connectivity index (χ3n) is 2.81. The van der Waals surface area contributed by atoms with Crippen molar-refractivity contribution in [1.29, 1.82) is 0 Å². The van der Waals surface area contributed by atoms with Gasteiger partial charge in [0.1, 0.15) is 11.5 Å². The highest BCUT2D eigenvalue weighted by atomic mass is 79.9. The van der Waals surface area contributed by atoms with Crippen LogP contribution >= 0.6 is 15.9 Å². The van der Waals surface area contributed by atoms with E-state index in [2.05, 4.69) is 26.8 Å². The minimum atomic E-state index is -0.442. The molecule has 1 aromatic carbocycles. The monoisotopic (exact) mass is 352 g/mol. The lowest BCUT2D eigenvalue weighted by molar-refractivity contribution is 0.0845. The van der Waals surface area contributed by atoms with Gasteiger partial charge in [-0.25, -0.2) is 0 Å². The van der Waals surface area contributed by atoms with Crippen molar-refractivity contribution in [2.75, 3.05) is 7.11 Å². The second-order valence-corrected chi connectivity index (χ2v) is 5.00. The van der Waals surface area contributed by atoms with Crippen LogP contribution in [-0.2, 0) is 0 Å². The smallest absolute Gasteiger partial charge is 0.273 e. The molecule has 2 aromatic rings. The van der Waals surface area contributed by atoms with Gasteiger partial charge in [0, 0.05) is 5.56 Å². The first-order chi connectivity index (χ1) is 10.0. The summed E-state index contributed by atoms with van der Waals surface area (Å²) in [6.07, 6.45) is 1.41. The van der Waals surface area contributed by atoms with Crippen molar-refractivity contribution < 1.29 is 18.7 Å². The Balaban J connectivity index is 2.00. The predicted molar refractivity (Wildman–Crippen MR) is 79.1 cm³/mol. The molecule has 0 atom stereocenters. The molecule has 2 rings (SSSR count). The van der Waals surface area contributed by atoms with Crippen molar-refractivity contribution in [3.63, 3.8) is 0 Å². The molecule has 7 heteroatoms. The Morgan fingerprint density at radius 1 is 1.19 bits per heavy atom. The van der Waals surface area contributed by atoms with Crippen LogP contribution < -0.4 is 15.6 Å². The minimum absolute atomic E-state index is 0.367. The molecule has 0 aliphatic heterocycles. The van der Waals surface area contributed by atoms with Crippen LogP contribution in [0.15, 0.2) is 39.4 Å². The average Bonchev–Trinajstić information content (AvgIpc) is 2.90. The van der Waals surface area contributed by atoms with Crippen molar-refractivity contribution in [1.82, 2.24) is 10.9 Å². The number of carbonyl (C=O) groups excluding carboxylic acids is 2. The quantitative estimate of drug-likeness (QED) is 0.831.